The molecular weight excluding hydrogens is 339 g/mol. The van der Waals surface area contributed by atoms with Gasteiger partial charge in [0, 0.05) is 12.0 Å². The van der Waals surface area contributed by atoms with Crippen molar-refractivity contribution in [2.45, 2.75) is 18.9 Å². The second kappa shape index (κ2) is 6.54. The molecule has 0 fully saturated rings. The fourth-order valence-electron chi connectivity index (χ4n) is 2.65. The Kier molecular flexibility index (Phi) is 4.43. The van der Waals surface area contributed by atoms with E-state index in [1.165, 1.54) is 24.3 Å². The van der Waals surface area contributed by atoms with E-state index < -0.39 is 18.6 Å². The van der Waals surface area contributed by atoms with Crippen molar-refractivity contribution in [2.75, 3.05) is 6.61 Å². The molecule has 132 valence electrons. The maximum Gasteiger partial charge on any atom is 0.573 e. The summed E-state index contributed by atoms with van der Waals surface area (Å²) in [5.74, 6) is 0.256. The third-order valence-electron chi connectivity index (χ3n) is 3.68. The van der Waals surface area contributed by atoms with Gasteiger partial charge in [0.1, 0.15) is 17.6 Å². The topological polar surface area (TPSA) is 70.8 Å². The van der Waals surface area contributed by atoms with Crippen LogP contribution in [0.2, 0.25) is 0 Å². The van der Waals surface area contributed by atoms with Gasteiger partial charge in [-0.1, -0.05) is 24.3 Å². The Bertz CT molecular complexity index is 774. The fraction of sp³-hybridized carbons (Fsp3) is 0.235. The zero-order valence-electron chi connectivity index (χ0n) is 12.9. The van der Waals surface area contributed by atoms with Gasteiger partial charge >= 0.3 is 12.5 Å². The molecule has 0 spiro atoms. The highest BCUT2D eigenvalue weighted by atomic mass is 19.4. The Morgan fingerprint density at radius 3 is 2.44 bits per heavy atom. The molecule has 0 bridgehead atoms. The number of alkyl halides is 3. The molecule has 8 heteroatoms. The van der Waals surface area contributed by atoms with Crippen LogP contribution in [-0.4, -0.2) is 19.1 Å². The van der Waals surface area contributed by atoms with Crippen LogP contribution in [0.15, 0.2) is 42.5 Å². The first-order chi connectivity index (χ1) is 11.8. The zero-order valence-corrected chi connectivity index (χ0v) is 12.9. The van der Waals surface area contributed by atoms with Gasteiger partial charge in [0.15, 0.2) is 0 Å². The summed E-state index contributed by atoms with van der Waals surface area (Å²) in [4.78, 5) is 11.0. The molecule has 1 atom stereocenters. The average Bonchev–Trinajstić information content (AvgIpc) is 2.53. The van der Waals surface area contributed by atoms with Crippen LogP contribution in [-0.2, 0) is 4.74 Å². The molecule has 1 aliphatic heterocycles. The van der Waals surface area contributed by atoms with E-state index in [0.717, 1.165) is 5.56 Å². The van der Waals surface area contributed by atoms with Crippen molar-refractivity contribution in [3.63, 3.8) is 0 Å². The van der Waals surface area contributed by atoms with Crippen molar-refractivity contribution in [2.24, 2.45) is 5.73 Å². The summed E-state index contributed by atoms with van der Waals surface area (Å²) >= 11 is 0. The fourth-order valence-corrected chi connectivity index (χ4v) is 2.65. The van der Waals surface area contributed by atoms with Crippen LogP contribution in [0.3, 0.4) is 0 Å². The lowest BCUT2D eigenvalue weighted by Gasteiger charge is -2.25. The average molecular weight is 353 g/mol. The number of fused-ring (bicyclic) bond motifs is 1. The maximum absolute atomic E-state index is 12.2. The smallest absolute Gasteiger partial charge is 0.493 e. The van der Waals surface area contributed by atoms with Crippen LogP contribution < -0.4 is 15.2 Å². The largest absolute Gasteiger partial charge is 0.573 e. The van der Waals surface area contributed by atoms with Gasteiger partial charge < -0.3 is 19.9 Å². The minimum atomic E-state index is -4.73. The lowest BCUT2D eigenvalue weighted by Crippen LogP contribution is -2.22. The standard InChI is InChI=1S/C17H14F3NO4/c18-17(19,20)25-12-4-1-10(2-5-12)11-3-6-13-14(24-16(21)22)7-8-23-15(13)9-11/h1-6,9,14H,7-8H2,(H2,21,22). The van der Waals surface area contributed by atoms with E-state index in [0.29, 0.717) is 29.9 Å². The molecule has 0 radical (unpaired) electrons. The molecule has 1 aliphatic rings. The second-order valence-electron chi connectivity index (χ2n) is 5.39. The van der Waals surface area contributed by atoms with Crippen molar-refractivity contribution in [1.29, 1.82) is 0 Å². The number of carbonyl (C=O) groups is 1. The van der Waals surface area contributed by atoms with Gasteiger partial charge in [0.05, 0.1) is 6.61 Å². The van der Waals surface area contributed by atoms with Crippen LogP contribution in [0.25, 0.3) is 11.1 Å². The highest BCUT2D eigenvalue weighted by molar-refractivity contribution is 5.68. The molecule has 0 saturated carbocycles. The van der Waals surface area contributed by atoms with Gasteiger partial charge in [-0.3, -0.25) is 0 Å². The third kappa shape index (κ3) is 4.14. The first-order valence-corrected chi connectivity index (χ1v) is 7.41. The number of benzene rings is 2. The van der Waals surface area contributed by atoms with Gasteiger partial charge in [0.25, 0.3) is 0 Å². The van der Waals surface area contributed by atoms with E-state index in [9.17, 15) is 18.0 Å². The molecule has 2 N–H and O–H groups in total. The molecule has 1 unspecified atom stereocenters. The van der Waals surface area contributed by atoms with Crippen molar-refractivity contribution in [3.8, 4) is 22.6 Å². The van der Waals surface area contributed by atoms with E-state index in [2.05, 4.69) is 4.74 Å². The highest BCUT2D eigenvalue weighted by Crippen LogP contribution is 2.37. The summed E-state index contributed by atoms with van der Waals surface area (Å²) in [5, 5.41) is 0. The molecule has 5 nitrogen and oxygen atoms in total. The number of nitrogens with two attached hydrogens (primary N) is 1. The first-order valence-electron chi connectivity index (χ1n) is 7.41. The third-order valence-corrected chi connectivity index (χ3v) is 3.68. The molecule has 1 heterocycles. The number of ether oxygens (including phenoxy) is 3. The predicted octanol–water partition coefficient (Wildman–Crippen LogP) is 4.17. The first kappa shape index (κ1) is 16.9. The van der Waals surface area contributed by atoms with E-state index in [-0.39, 0.29) is 5.75 Å². The number of carbonyl (C=O) groups excluding carboxylic acids is 1. The van der Waals surface area contributed by atoms with Crippen LogP contribution in [0.1, 0.15) is 18.1 Å². The number of amides is 1. The monoisotopic (exact) mass is 353 g/mol. The molecular formula is C17H14F3NO4. The Hall–Kier alpha value is -2.90. The Morgan fingerprint density at radius 2 is 1.80 bits per heavy atom. The molecule has 25 heavy (non-hydrogen) atoms. The zero-order chi connectivity index (χ0) is 18.0. The lowest BCUT2D eigenvalue weighted by molar-refractivity contribution is -0.274. The molecule has 0 aliphatic carbocycles. The summed E-state index contributed by atoms with van der Waals surface area (Å²) < 4.78 is 51.1. The maximum atomic E-state index is 12.2. The molecule has 2 aromatic rings. The quantitative estimate of drug-likeness (QED) is 0.899. The summed E-state index contributed by atoms with van der Waals surface area (Å²) in [7, 11) is 0. The second-order valence-corrected chi connectivity index (χ2v) is 5.39. The minimum absolute atomic E-state index is 0.291. The SMILES string of the molecule is NC(=O)OC1CCOc2cc(-c3ccc(OC(F)(F)F)cc3)ccc21. The normalized spacial score (nSPS) is 16.5. The number of hydrogen-bond donors (Lipinski definition) is 1. The molecule has 3 rings (SSSR count). The Morgan fingerprint density at radius 1 is 1.12 bits per heavy atom. The van der Waals surface area contributed by atoms with Crippen molar-refractivity contribution in [3.05, 3.63) is 48.0 Å². The Balaban J connectivity index is 1.83. The lowest BCUT2D eigenvalue weighted by atomic mass is 9.98. The Labute approximate surface area is 141 Å². The highest BCUT2D eigenvalue weighted by Gasteiger charge is 2.31. The van der Waals surface area contributed by atoms with Crippen molar-refractivity contribution < 1.29 is 32.2 Å². The molecule has 0 aromatic heterocycles. The van der Waals surface area contributed by atoms with E-state index in [1.807, 2.05) is 0 Å². The summed E-state index contributed by atoms with van der Waals surface area (Å²) in [6, 6.07) is 10.8. The summed E-state index contributed by atoms with van der Waals surface area (Å²) in [6.45, 7) is 0.368. The molecule has 2 aromatic carbocycles. The van der Waals surface area contributed by atoms with Gasteiger partial charge in [-0.25, -0.2) is 4.79 Å². The number of hydrogen-bond acceptors (Lipinski definition) is 4. The molecule has 1 amide bonds. The van der Waals surface area contributed by atoms with E-state index >= 15 is 0 Å². The van der Waals surface area contributed by atoms with Gasteiger partial charge in [0.2, 0.25) is 0 Å². The van der Waals surface area contributed by atoms with Crippen molar-refractivity contribution >= 4 is 6.09 Å². The van der Waals surface area contributed by atoms with Crippen LogP contribution in [0.5, 0.6) is 11.5 Å². The van der Waals surface area contributed by atoms with Gasteiger partial charge in [-0.2, -0.15) is 0 Å². The predicted molar refractivity (Wildman–Crippen MR) is 82.1 cm³/mol. The minimum Gasteiger partial charge on any atom is -0.493 e. The van der Waals surface area contributed by atoms with E-state index in [4.69, 9.17) is 15.2 Å². The number of primary amides is 1. The summed E-state index contributed by atoms with van der Waals surface area (Å²) in [6.07, 6.45) is -5.56. The number of halogens is 3. The van der Waals surface area contributed by atoms with Gasteiger partial charge in [-0.05, 0) is 29.3 Å². The van der Waals surface area contributed by atoms with Crippen LogP contribution in [0, 0.1) is 0 Å². The van der Waals surface area contributed by atoms with Crippen LogP contribution >= 0.6 is 0 Å². The number of rotatable bonds is 3. The van der Waals surface area contributed by atoms with E-state index in [1.54, 1.807) is 18.2 Å². The molecule has 0 saturated heterocycles. The van der Waals surface area contributed by atoms with Gasteiger partial charge in [-0.15, -0.1) is 13.2 Å². The van der Waals surface area contributed by atoms with Crippen LogP contribution in [0.4, 0.5) is 18.0 Å². The summed E-state index contributed by atoms with van der Waals surface area (Å²) in [5.41, 5.74) is 7.21. The van der Waals surface area contributed by atoms with Crippen molar-refractivity contribution in [1.82, 2.24) is 0 Å².